The zero-order valence-corrected chi connectivity index (χ0v) is 11.4. The minimum Gasteiger partial charge on any atom is -0.508 e. The molecule has 1 amide bonds. The van der Waals surface area contributed by atoms with Gasteiger partial charge in [-0.05, 0) is 42.3 Å². The fourth-order valence-electron chi connectivity index (χ4n) is 2.53. The molecule has 0 atom stereocenters. The molecule has 0 saturated heterocycles. The number of nitrogens with one attached hydrogen (secondary N) is 2. The average molecular weight is 284 g/mol. The summed E-state index contributed by atoms with van der Waals surface area (Å²) in [6.07, 6.45) is 0.934. The quantitative estimate of drug-likeness (QED) is 0.680. The lowest BCUT2D eigenvalue weighted by atomic mass is 9.99. The van der Waals surface area contributed by atoms with Crippen LogP contribution in [0.15, 0.2) is 36.4 Å². The Hall–Kier alpha value is -2.53. The van der Waals surface area contributed by atoms with Crippen molar-refractivity contribution in [3.63, 3.8) is 0 Å². The van der Waals surface area contributed by atoms with Gasteiger partial charge < -0.3 is 20.8 Å². The highest BCUT2D eigenvalue weighted by molar-refractivity contribution is 6.06. The molecule has 0 fully saturated rings. The van der Waals surface area contributed by atoms with Gasteiger partial charge >= 0.3 is 0 Å². The van der Waals surface area contributed by atoms with Crippen molar-refractivity contribution in [2.45, 2.75) is 13.0 Å². The molecular formula is C16H16N2O3. The van der Waals surface area contributed by atoms with Gasteiger partial charge in [0.1, 0.15) is 11.5 Å². The van der Waals surface area contributed by atoms with Crippen LogP contribution in [0, 0.1) is 0 Å². The van der Waals surface area contributed by atoms with Crippen molar-refractivity contribution in [3.8, 4) is 11.5 Å². The summed E-state index contributed by atoms with van der Waals surface area (Å²) in [5, 5.41) is 25.1. The standard InChI is InChI=1S/C16H16N2O3/c19-11-4-5-12(15(20)8-11)16(21)18-14-3-1-2-10-6-7-17-9-13(10)14/h1-5,8,17,19-20H,6-7,9H2,(H,18,21). The van der Waals surface area contributed by atoms with E-state index in [-0.39, 0.29) is 17.1 Å². The maximum Gasteiger partial charge on any atom is 0.259 e. The average Bonchev–Trinajstić information content (AvgIpc) is 2.47. The number of carbonyl (C=O) groups is 1. The molecule has 4 N–H and O–H groups in total. The summed E-state index contributed by atoms with van der Waals surface area (Å²) in [6.45, 7) is 1.65. The summed E-state index contributed by atoms with van der Waals surface area (Å²) in [5.41, 5.74) is 3.18. The number of aromatic hydroxyl groups is 2. The van der Waals surface area contributed by atoms with Crippen molar-refractivity contribution in [2.75, 3.05) is 11.9 Å². The first kappa shape index (κ1) is 13.5. The van der Waals surface area contributed by atoms with Crippen LogP contribution >= 0.6 is 0 Å². The Balaban J connectivity index is 1.88. The Morgan fingerprint density at radius 1 is 1.19 bits per heavy atom. The van der Waals surface area contributed by atoms with Crippen LogP contribution in [0.25, 0.3) is 0 Å². The van der Waals surface area contributed by atoms with Crippen LogP contribution in [-0.2, 0) is 13.0 Å². The minimum absolute atomic E-state index is 0.0784. The molecular weight excluding hydrogens is 268 g/mol. The van der Waals surface area contributed by atoms with E-state index in [9.17, 15) is 15.0 Å². The Labute approximate surface area is 122 Å². The summed E-state index contributed by atoms with van der Waals surface area (Å²) in [7, 11) is 0. The maximum atomic E-state index is 12.3. The van der Waals surface area contributed by atoms with Gasteiger partial charge in [0.2, 0.25) is 0 Å². The van der Waals surface area contributed by atoms with Gasteiger partial charge in [0.15, 0.2) is 0 Å². The highest BCUT2D eigenvalue weighted by Gasteiger charge is 2.16. The summed E-state index contributed by atoms with van der Waals surface area (Å²) in [6, 6.07) is 9.74. The molecule has 0 spiro atoms. The van der Waals surface area contributed by atoms with Gasteiger partial charge in [-0.1, -0.05) is 12.1 Å². The predicted octanol–water partition coefficient (Wildman–Crippen LogP) is 2.00. The van der Waals surface area contributed by atoms with Crippen molar-refractivity contribution in [1.82, 2.24) is 5.32 Å². The molecule has 2 aromatic rings. The highest BCUT2D eigenvalue weighted by Crippen LogP contribution is 2.26. The molecule has 1 heterocycles. The monoisotopic (exact) mass is 284 g/mol. The van der Waals surface area contributed by atoms with Crippen molar-refractivity contribution >= 4 is 11.6 Å². The molecule has 0 saturated carbocycles. The molecule has 108 valence electrons. The molecule has 3 rings (SSSR count). The van der Waals surface area contributed by atoms with Crippen LogP contribution < -0.4 is 10.6 Å². The molecule has 0 radical (unpaired) electrons. The SMILES string of the molecule is O=C(Nc1cccc2c1CNCC2)c1ccc(O)cc1O. The number of carbonyl (C=O) groups excluding carboxylic acids is 1. The lowest BCUT2D eigenvalue weighted by Crippen LogP contribution is -2.25. The fraction of sp³-hybridized carbons (Fsp3) is 0.188. The molecule has 0 bridgehead atoms. The van der Waals surface area contributed by atoms with Gasteiger partial charge in [-0.3, -0.25) is 4.79 Å². The molecule has 0 aliphatic carbocycles. The highest BCUT2D eigenvalue weighted by atomic mass is 16.3. The fourth-order valence-corrected chi connectivity index (χ4v) is 2.53. The second kappa shape index (κ2) is 5.46. The van der Waals surface area contributed by atoms with Crippen molar-refractivity contribution in [2.24, 2.45) is 0 Å². The van der Waals surface area contributed by atoms with E-state index >= 15 is 0 Å². The van der Waals surface area contributed by atoms with Crippen LogP contribution in [0.4, 0.5) is 5.69 Å². The Kier molecular flexibility index (Phi) is 3.50. The lowest BCUT2D eigenvalue weighted by Gasteiger charge is -2.20. The first-order valence-corrected chi connectivity index (χ1v) is 6.80. The van der Waals surface area contributed by atoms with Crippen molar-refractivity contribution in [1.29, 1.82) is 0 Å². The van der Waals surface area contributed by atoms with Gasteiger partial charge in [-0.25, -0.2) is 0 Å². The molecule has 5 heteroatoms. The zero-order chi connectivity index (χ0) is 14.8. The maximum absolute atomic E-state index is 12.3. The summed E-state index contributed by atoms with van der Waals surface area (Å²) in [5.74, 6) is -0.716. The number of rotatable bonds is 2. The first-order valence-electron chi connectivity index (χ1n) is 6.80. The Bertz CT molecular complexity index is 698. The molecule has 2 aromatic carbocycles. The van der Waals surface area contributed by atoms with Gasteiger partial charge in [-0.2, -0.15) is 0 Å². The summed E-state index contributed by atoms with van der Waals surface area (Å²) >= 11 is 0. The van der Waals surface area contributed by atoms with Gasteiger partial charge in [0.25, 0.3) is 5.91 Å². The number of phenolic OH excluding ortho intramolecular Hbond substituents is 2. The number of hydrogen-bond acceptors (Lipinski definition) is 4. The van der Waals surface area contributed by atoms with E-state index in [4.69, 9.17) is 0 Å². The van der Waals surface area contributed by atoms with E-state index in [0.717, 1.165) is 30.3 Å². The molecule has 1 aliphatic rings. The lowest BCUT2D eigenvalue weighted by molar-refractivity contribution is 0.102. The second-order valence-electron chi connectivity index (χ2n) is 5.03. The Morgan fingerprint density at radius 3 is 2.86 bits per heavy atom. The van der Waals surface area contributed by atoms with E-state index in [1.165, 1.54) is 17.7 Å². The van der Waals surface area contributed by atoms with Crippen LogP contribution in [0.1, 0.15) is 21.5 Å². The molecule has 1 aliphatic heterocycles. The number of anilines is 1. The van der Waals surface area contributed by atoms with Gasteiger partial charge in [0.05, 0.1) is 5.56 Å². The smallest absolute Gasteiger partial charge is 0.259 e. The zero-order valence-electron chi connectivity index (χ0n) is 11.4. The van der Waals surface area contributed by atoms with E-state index in [1.807, 2.05) is 12.1 Å². The van der Waals surface area contributed by atoms with Crippen LogP contribution in [0.3, 0.4) is 0 Å². The summed E-state index contributed by atoms with van der Waals surface area (Å²) in [4.78, 5) is 12.3. The van der Waals surface area contributed by atoms with E-state index in [1.54, 1.807) is 0 Å². The van der Waals surface area contributed by atoms with Crippen LogP contribution in [0.2, 0.25) is 0 Å². The van der Waals surface area contributed by atoms with Crippen molar-refractivity contribution < 1.29 is 15.0 Å². The van der Waals surface area contributed by atoms with Gasteiger partial charge in [-0.15, -0.1) is 0 Å². The molecule has 21 heavy (non-hydrogen) atoms. The normalized spacial score (nSPS) is 13.5. The number of fused-ring (bicyclic) bond motifs is 1. The van der Waals surface area contributed by atoms with Crippen LogP contribution in [0.5, 0.6) is 11.5 Å². The predicted molar refractivity (Wildman–Crippen MR) is 79.6 cm³/mol. The van der Waals surface area contributed by atoms with Crippen molar-refractivity contribution in [3.05, 3.63) is 53.1 Å². The molecule has 5 nitrogen and oxygen atoms in total. The van der Waals surface area contributed by atoms with Crippen LogP contribution in [-0.4, -0.2) is 22.7 Å². The first-order chi connectivity index (χ1) is 10.1. The third-order valence-electron chi connectivity index (χ3n) is 3.62. The number of benzene rings is 2. The molecule has 0 aromatic heterocycles. The topological polar surface area (TPSA) is 81.6 Å². The largest absolute Gasteiger partial charge is 0.508 e. The van der Waals surface area contributed by atoms with E-state index in [0.29, 0.717) is 6.54 Å². The van der Waals surface area contributed by atoms with Gasteiger partial charge in [0, 0.05) is 18.3 Å². The third kappa shape index (κ3) is 2.68. The van der Waals surface area contributed by atoms with E-state index < -0.39 is 5.91 Å². The number of hydrogen-bond donors (Lipinski definition) is 4. The summed E-state index contributed by atoms with van der Waals surface area (Å²) < 4.78 is 0. The Morgan fingerprint density at radius 2 is 2.05 bits per heavy atom. The molecule has 0 unspecified atom stereocenters. The number of phenols is 2. The number of amides is 1. The van der Waals surface area contributed by atoms with E-state index in [2.05, 4.69) is 16.7 Å². The second-order valence-corrected chi connectivity index (χ2v) is 5.03. The third-order valence-corrected chi connectivity index (χ3v) is 3.62. The minimum atomic E-state index is -0.397.